The first kappa shape index (κ1) is 15.9. The number of amides is 2. The summed E-state index contributed by atoms with van der Waals surface area (Å²) in [6.07, 6.45) is -0.195. The van der Waals surface area contributed by atoms with E-state index in [1.165, 1.54) is 0 Å². The van der Waals surface area contributed by atoms with Gasteiger partial charge in [0, 0.05) is 5.75 Å². The van der Waals surface area contributed by atoms with Crippen molar-refractivity contribution in [2.24, 2.45) is 0 Å². The van der Waals surface area contributed by atoms with Crippen LogP contribution in [0.4, 0.5) is 0 Å². The summed E-state index contributed by atoms with van der Waals surface area (Å²) in [5.74, 6) is -4.03. The fraction of sp³-hybridized carbons (Fsp3) is 0.364. The van der Waals surface area contributed by atoms with E-state index in [0.717, 1.165) is 16.7 Å². The highest BCUT2D eigenvalue weighted by Crippen LogP contribution is 2.40. The first-order valence-corrected chi connectivity index (χ1v) is 7.61. The van der Waals surface area contributed by atoms with E-state index >= 15 is 0 Å². The maximum Gasteiger partial charge on any atom is 0.353 e. The van der Waals surface area contributed by atoms with Crippen LogP contribution in [-0.4, -0.2) is 76.7 Å². The number of aliphatic carboxylic acids is 2. The van der Waals surface area contributed by atoms with Crippen LogP contribution in [0.15, 0.2) is 11.3 Å². The summed E-state index contributed by atoms with van der Waals surface area (Å²) in [6, 6.07) is -0.931. The standard InChI is InChI=1S/C11H10N6O6S/c18-5(1-4-13-15-16-14-4)12-6-8(19)17-7(11(22)23)3(10(20)21)2-24-9(6)17/h6,9H,1-2H2,(H,12,18)(H,20,21)(H,22,23)(H,13,14,15,16)/t6?,9-/m1/s1. The number of carbonyl (C=O) groups is 4. The number of nitrogens with zero attached hydrogens (tertiary/aromatic N) is 4. The zero-order chi connectivity index (χ0) is 17.4. The summed E-state index contributed by atoms with van der Waals surface area (Å²) in [6.45, 7) is 0. The number of tetrazole rings is 1. The molecule has 0 aliphatic carbocycles. The van der Waals surface area contributed by atoms with E-state index < -0.39 is 40.9 Å². The van der Waals surface area contributed by atoms with Crippen molar-refractivity contribution in [2.45, 2.75) is 17.8 Å². The van der Waals surface area contributed by atoms with Crippen LogP contribution in [-0.2, 0) is 25.6 Å². The van der Waals surface area contributed by atoms with Gasteiger partial charge in [-0.15, -0.1) is 22.0 Å². The van der Waals surface area contributed by atoms with Crippen LogP contribution in [0.1, 0.15) is 5.82 Å². The minimum Gasteiger partial charge on any atom is -0.478 e. The number of β-lactam (4-membered cyclic amide) rings is 1. The lowest BCUT2D eigenvalue weighted by atomic mass is 10.0. The van der Waals surface area contributed by atoms with Crippen molar-refractivity contribution in [1.82, 2.24) is 30.8 Å². The van der Waals surface area contributed by atoms with E-state index in [9.17, 15) is 24.3 Å². The number of H-pyrrole nitrogens is 1. The normalized spacial score (nSPS) is 22.7. The number of carbonyl (C=O) groups excluding carboxylic acids is 2. The Morgan fingerprint density at radius 1 is 1.33 bits per heavy atom. The highest BCUT2D eigenvalue weighted by molar-refractivity contribution is 8.00. The number of carboxylic acids is 2. The average Bonchev–Trinajstić information content (AvgIpc) is 3.03. The molecular formula is C11H10N6O6S. The zero-order valence-corrected chi connectivity index (χ0v) is 12.6. The third kappa shape index (κ3) is 2.58. The van der Waals surface area contributed by atoms with Crippen LogP contribution in [0, 0.1) is 0 Å². The van der Waals surface area contributed by atoms with Gasteiger partial charge in [-0.05, 0) is 0 Å². The van der Waals surface area contributed by atoms with Crippen LogP contribution in [0.2, 0.25) is 0 Å². The van der Waals surface area contributed by atoms with E-state index in [2.05, 4.69) is 25.9 Å². The number of carboxylic acid groups (broad SMARTS) is 2. The van der Waals surface area contributed by atoms with Crippen molar-refractivity contribution in [1.29, 1.82) is 0 Å². The molecule has 2 aliphatic heterocycles. The molecule has 3 rings (SSSR count). The van der Waals surface area contributed by atoms with Crippen LogP contribution < -0.4 is 5.32 Å². The molecule has 1 aromatic heterocycles. The lowest BCUT2D eigenvalue weighted by Gasteiger charge is -2.48. The SMILES string of the molecule is O=C(Cc1nn[nH]n1)NC1C(=O)N2C(C(=O)O)=C(C(=O)O)CS[C@H]12. The van der Waals surface area contributed by atoms with Gasteiger partial charge in [0.1, 0.15) is 17.1 Å². The molecule has 3 heterocycles. The van der Waals surface area contributed by atoms with E-state index in [4.69, 9.17) is 5.11 Å². The first-order valence-electron chi connectivity index (χ1n) is 6.56. The van der Waals surface area contributed by atoms with Crippen LogP contribution in [0.5, 0.6) is 0 Å². The van der Waals surface area contributed by atoms with Gasteiger partial charge < -0.3 is 15.5 Å². The number of rotatable bonds is 5. The number of thioether (sulfide) groups is 1. The van der Waals surface area contributed by atoms with E-state index in [1.54, 1.807) is 0 Å². The maximum atomic E-state index is 12.2. The predicted molar refractivity (Wildman–Crippen MR) is 75.2 cm³/mol. The molecule has 2 amide bonds. The molecule has 13 heteroatoms. The summed E-state index contributed by atoms with van der Waals surface area (Å²) in [4.78, 5) is 47.4. The van der Waals surface area contributed by atoms with Gasteiger partial charge in [-0.3, -0.25) is 14.5 Å². The molecule has 2 aliphatic rings. The summed E-state index contributed by atoms with van der Waals surface area (Å²) in [7, 11) is 0. The molecule has 0 spiro atoms. The van der Waals surface area contributed by atoms with Crippen molar-refractivity contribution in [2.75, 3.05) is 5.75 Å². The summed E-state index contributed by atoms with van der Waals surface area (Å²) < 4.78 is 0. The van der Waals surface area contributed by atoms with Gasteiger partial charge in [-0.1, -0.05) is 5.21 Å². The number of aromatic nitrogens is 4. The number of hydrogen-bond acceptors (Lipinski definition) is 8. The molecule has 12 nitrogen and oxygen atoms in total. The Bertz CT molecular complexity index is 761. The molecule has 1 unspecified atom stereocenters. The van der Waals surface area contributed by atoms with Gasteiger partial charge in [-0.2, -0.15) is 5.21 Å². The molecular weight excluding hydrogens is 344 g/mol. The molecule has 126 valence electrons. The molecule has 2 atom stereocenters. The third-order valence-corrected chi connectivity index (χ3v) is 4.73. The van der Waals surface area contributed by atoms with Crippen molar-refractivity contribution >= 4 is 35.5 Å². The van der Waals surface area contributed by atoms with Crippen LogP contribution >= 0.6 is 11.8 Å². The van der Waals surface area contributed by atoms with Crippen molar-refractivity contribution in [3.8, 4) is 0 Å². The van der Waals surface area contributed by atoms with E-state index in [-0.39, 0.29) is 23.6 Å². The van der Waals surface area contributed by atoms with Crippen molar-refractivity contribution in [3.05, 3.63) is 17.1 Å². The second-order valence-electron chi connectivity index (χ2n) is 4.90. The van der Waals surface area contributed by atoms with Gasteiger partial charge in [0.25, 0.3) is 5.91 Å². The van der Waals surface area contributed by atoms with Crippen molar-refractivity contribution in [3.63, 3.8) is 0 Å². The Morgan fingerprint density at radius 3 is 2.67 bits per heavy atom. The Balaban J connectivity index is 1.73. The first-order chi connectivity index (χ1) is 11.4. The van der Waals surface area contributed by atoms with E-state index in [1.807, 2.05) is 0 Å². The molecule has 4 N–H and O–H groups in total. The Morgan fingerprint density at radius 2 is 2.08 bits per heavy atom. The number of fused-ring (bicyclic) bond motifs is 1. The Hall–Kier alpha value is -2.96. The highest BCUT2D eigenvalue weighted by Gasteiger charge is 2.55. The molecule has 0 radical (unpaired) electrons. The average molecular weight is 354 g/mol. The molecule has 1 saturated heterocycles. The number of nitrogens with one attached hydrogen (secondary N) is 2. The monoisotopic (exact) mass is 354 g/mol. The minimum atomic E-state index is -1.50. The topological polar surface area (TPSA) is 178 Å². The van der Waals surface area contributed by atoms with Gasteiger partial charge in [0.15, 0.2) is 5.82 Å². The van der Waals surface area contributed by atoms with Gasteiger partial charge in [0.2, 0.25) is 5.91 Å². The molecule has 0 aromatic carbocycles. The van der Waals surface area contributed by atoms with Crippen LogP contribution in [0.25, 0.3) is 0 Å². The molecule has 1 aromatic rings. The lowest BCUT2D eigenvalue weighted by Crippen LogP contribution is -2.70. The van der Waals surface area contributed by atoms with E-state index in [0.29, 0.717) is 0 Å². The number of aromatic amines is 1. The van der Waals surface area contributed by atoms with Gasteiger partial charge in [-0.25, -0.2) is 9.59 Å². The highest BCUT2D eigenvalue weighted by atomic mass is 32.2. The van der Waals surface area contributed by atoms with Gasteiger partial charge >= 0.3 is 11.9 Å². The summed E-state index contributed by atoms with van der Waals surface area (Å²) in [5.41, 5.74) is -0.909. The second-order valence-corrected chi connectivity index (χ2v) is 6.00. The molecule has 1 fully saturated rings. The molecule has 0 bridgehead atoms. The summed E-state index contributed by atoms with van der Waals surface area (Å²) >= 11 is 1.07. The Labute approximate surface area is 137 Å². The Kier molecular flexibility index (Phi) is 3.92. The van der Waals surface area contributed by atoms with Crippen molar-refractivity contribution < 1.29 is 29.4 Å². The van der Waals surface area contributed by atoms with Gasteiger partial charge in [0.05, 0.1) is 12.0 Å². The lowest BCUT2D eigenvalue weighted by molar-refractivity contribution is -0.151. The number of hydrogen-bond donors (Lipinski definition) is 4. The summed E-state index contributed by atoms with van der Waals surface area (Å²) in [5, 5.41) is 32.8. The minimum absolute atomic E-state index is 0.0807. The fourth-order valence-electron chi connectivity index (χ4n) is 2.41. The molecule has 0 saturated carbocycles. The smallest absolute Gasteiger partial charge is 0.353 e. The zero-order valence-electron chi connectivity index (χ0n) is 11.8. The third-order valence-electron chi connectivity index (χ3n) is 3.45. The predicted octanol–water partition coefficient (Wildman–Crippen LogP) is -2.43. The maximum absolute atomic E-state index is 12.2. The molecule has 24 heavy (non-hydrogen) atoms. The second kappa shape index (κ2) is 5.92. The fourth-order valence-corrected chi connectivity index (χ4v) is 3.74. The quantitative estimate of drug-likeness (QED) is 0.415. The largest absolute Gasteiger partial charge is 0.478 e. The van der Waals surface area contributed by atoms with Crippen LogP contribution in [0.3, 0.4) is 0 Å².